The van der Waals surface area contributed by atoms with Crippen molar-refractivity contribution in [1.29, 1.82) is 0 Å². The molecule has 1 unspecified atom stereocenters. The quantitative estimate of drug-likeness (QED) is 0.681. The fraction of sp³-hybridized carbons (Fsp3) is 0.471. The molecule has 0 saturated heterocycles. The summed E-state index contributed by atoms with van der Waals surface area (Å²) < 4.78 is 5.28. The van der Waals surface area contributed by atoms with Gasteiger partial charge >= 0.3 is 5.97 Å². The molecule has 1 aromatic carbocycles. The lowest BCUT2D eigenvalue weighted by molar-refractivity contribution is -0.154. The molecule has 3 heteroatoms. The van der Waals surface area contributed by atoms with E-state index < -0.39 is 11.7 Å². The molecule has 1 N–H and O–H groups in total. The van der Waals surface area contributed by atoms with Crippen molar-refractivity contribution in [2.24, 2.45) is 0 Å². The Bertz CT molecular complexity index is 513. The highest BCUT2D eigenvalue weighted by Gasteiger charge is 2.16. The van der Waals surface area contributed by atoms with Gasteiger partial charge in [-0.2, -0.15) is 0 Å². The Hall–Kier alpha value is -1.79. The van der Waals surface area contributed by atoms with E-state index in [4.69, 9.17) is 4.74 Å². The average molecular weight is 274 g/mol. The van der Waals surface area contributed by atoms with Crippen molar-refractivity contribution >= 4 is 5.97 Å². The molecule has 3 nitrogen and oxygen atoms in total. The molecule has 0 aromatic heterocycles. The molecule has 0 aliphatic rings. The van der Waals surface area contributed by atoms with E-state index in [0.717, 1.165) is 11.1 Å². The standard InChI is InChI=1S/C17H22O3/c1-13(18)9-10-14-7-5-6-8-15(14)11-12-16(19)20-17(2,3)4/h5-8,13,18H,11-12H2,1-4H3. The highest BCUT2D eigenvalue weighted by Crippen LogP contribution is 2.13. The normalized spacial score (nSPS) is 12.2. The minimum atomic E-state index is -0.658. The Balaban J connectivity index is 2.70. The van der Waals surface area contributed by atoms with Gasteiger partial charge in [-0.25, -0.2) is 0 Å². The van der Waals surface area contributed by atoms with Crippen molar-refractivity contribution in [1.82, 2.24) is 0 Å². The van der Waals surface area contributed by atoms with Gasteiger partial charge in [-0.3, -0.25) is 4.79 Å². The van der Waals surface area contributed by atoms with Crippen LogP contribution < -0.4 is 0 Å². The second-order valence-electron chi connectivity index (χ2n) is 5.69. The molecule has 0 aliphatic heterocycles. The van der Waals surface area contributed by atoms with Crippen molar-refractivity contribution in [3.63, 3.8) is 0 Å². The summed E-state index contributed by atoms with van der Waals surface area (Å²) in [7, 11) is 0. The fourth-order valence-electron chi connectivity index (χ4n) is 1.67. The van der Waals surface area contributed by atoms with Crippen LogP contribution in [0.4, 0.5) is 0 Å². The zero-order valence-corrected chi connectivity index (χ0v) is 12.6. The SMILES string of the molecule is CC(O)C#Cc1ccccc1CCC(=O)OC(C)(C)C. The number of hydrogen-bond donors (Lipinski definition) is 1. The van der Waals surface area contributed by atoms with Crippen molar-refractivity contribution in [3.8, 4) is 11.8 Å². The zero-order chi connectivity index (χ0) is 15.2. The third-order valence-corrected chi connectivity index (χ3v) is 2.45. The van der Waals surface area contributed by atoms with E-state index in [1.165, 1.54) is 0 Å². The number of aliphatic hydroxyl groups is 1. The first kappa shape index (κ1) is 16.3. The van der Waals surface area contributed by atoms with Crippen LogP contribution in [-0.2, 0) is 16.0 Å². The van der Waals surface area contributed by atoms with Gasteiger partial charge in [-0.05, 0) is 45.7 Å². The molecule has 20 heavy (non-hydrogen) atoms. The number of esters is 1. The molecule has 0 amide bonds. The van der Waals surface area contributed by atoms with E-state index in [2.05, 4.69) is 11.8 Å². The summed E-state index contributed by atoms with van der Waals surface area (Å²) in [5, 5.41) is 9.20. The van der Waals surface area contributed by atoms with E-state index in [-0.39, 0.29) is 5.97 Å². The lowest BCUT2D eigenvalue weighted by atomic mass is 10.0. The van der Waals surface area contributed by atoms with Crippen molar-refractivity contribution in [2.45, 2.75) is 52.2 Å². The second-order valence-corrected chi connectivity index (χ2v) is 5.69. The van der Waals surface area contributed by atoms with Gasteiger partial charge in [0.25, 0.3) is 0 Å². The van der Waals surface area contributed by atoms with E-state index >= 15 is 0 Å². The molecule has 0 spiro atoms. The van der Waals surface area contributed by atoms with E-state index in [1.54, 1.807) is 6.92 Å². The van der Waals surface area contributed by atoms with E-state index in [1.807, 2.05) is 45.0 Å². The van der Waals surface area contributed by atoms with Crippen molar-refractivity contribution in [2.75, 3.05) is 0 Å². The average Bonchev–Trinajstić information content (AvgIpc) is 2.32. The van der Waals surface area contributed by atoms with Crippen LogP contribution in [0.2, 0.25) is 0 Å². The van der Waals surface area contributed by atoms with Crippen LogP contribution in [0.25, 0.3) is 0 Å². The van der Waals surface area contributed by atoms with Gasteiger partial charge in [-0.15, -0.1) is 0 Å². The molecule has 1 aromatic rings. The van der Waals surface area contributed by atoms with Crippen LogP contribution in [0.5, 0.6) is 0 Å². The van der Waals surface area contributed by atoms with Crippen LogP contribution in [0.3, 0.4) is 0 Å². The zero-order valence-electron chi connectivity index (χ0n) is 12.6. The molecule has 0 aliphatic carbocycles. The van der Waals surface area contributed by atoms with Crippen LogP contribution >= 0.6 is 0 Å². The summed E-state index contributed by atoms with van der Waals surface area (Å²) in [4.78, 5) is 11.7. The van der Waals surface area contributed by atoms with Gasteiger partial charge in [0, 0.05) is 12.0 Å². The smallest absolute Gasteiger partial charge is 0.306 e. The van der Waals surface area contributed by atoms with Crippen LogP contribution in [0.1, 0.15) is 45.2 Å². The Morgan fingerprint density at radius 3 is 2.60 bits per heavy atom. The largest absolute Gasteiger partial charge is 0.460 e. The summed E-state index contributed by atoms with van der Waals surface area (Å²) in [6.07, 6.45) is 0.249. The Morgan fingerprint density at radius 1 is 1.35 bits per heavy atom. The molecule has 0 saturated carbocycles. The Kier molecular flexibility index (Phi) is 5.79. The van der Waals surface area contributed by atoms with E-state index in [9.17, 15) is 9.90 Å². The molecule has 1 atom stereocenters. The molecular formula is C17H22O3. The number of carbonyl (C=O) groups excluding carboxylic acids is 1. The third kappa shape index (κ3) is 6.40. The van der Waals surface area contributed by atoms with Gasteiger partial charge in [0.1, 0.15) is 11.7 Å². The monoisotopic (exact) mass is 274 g/mol. The van der Waals surface area contributed by atoms with E-state index in [0.29, 0.717) is 12.8 Å². The van der Waals surface area contributed by atoms with Crippen LogP contribution in [-0.4, -0.2) is 22.8 Å². The van der Waals surface area contributed by atoms with Gasteiger partial charge in [0.2, 0.25) is 0 Å². The fourth-order valence-corrected chi connectivity index (χ4v) is 1.67. The Morgan fingerprint density at radius 2 is 2.00 bits per heavy atom. The maximum Gasteiger partial charge on any atom is 0.306 e. The van der Waals surface area contributed by atoms with Gasteiger partial charge < -0.3 is 9.84 Å². The van der Waals surface area contributed by atoms with Gasteiger partial charge in [0.05, 0.1) is 0 Å². The number of ether oxygens (including phenoxy) is 1. The summed E-state index contributed by atoms with van der Waals surface area (Å²) in [6.45, 7) is 7.18. The number of aryl methyl sites for hydroxylation is 1. The highest BCUT2D eigenvalue weighted by molar-refractivity contribution is 5.70. The molecule has 1 rings (SSSR count). The number of hydrogen-bond acceptors (Lipinski definition) is 3. The summed E-state index contributed by atoms with van der Waals surface area (Å²) in [5.74, 6) is 5.44. The first-order valence-electron chi connectivity index (χ1n) is 6.77. The maximum atomic E-state index is 11.7. The van der Waals surface area contributed by atoms with Gasteiger partial charge in [0.15, 0.2) is 0 Å². The summed E-state index contributed by atoms with van der Waals surface area (Å²) >= 11 is 0. The van der Waals surface area contributed by atoms with Gasteiger partial charge in [-0.1, -0.05) is 30.0 Å². The number of benzene rings is 1. The minimum Gasteiger partial charge on any atom is -0.460 e. The molecule has 0 heterocycles. The predicted octanol–water partition coefficient (Wildman–Crippen LogP) is 2.69. The molecule has 0 fully saturated rings. The lowest BCUT2D eigenvalue weighted by Gasteiger charge is -2.19. The lowest BCUT2D eigenvalue weighted by Crippen LogP contribution is -2.24. The first-order chi connectivity index (χ1) is 9.28. The van der Waals surface area contributed by atoms with Crippen LogP contribution in [0, 0.1) is 11.8 Å². The van der Waals surface area contributed by atoms with Crippen LogP contribution in [0.15, 0.2) is 24.3 Å². The molecule has 0 bridgehead atoms. The number of rotatable bonds is 3. The topological polar surface area (TPSA) is 46.5 Å². The minimum absolute atomic E-state index is 0.212. The first-order valence-corrected chi connectivity index (χ1v) is 6.77. The highest BCUT2D eigenvalue weighted by atomic mass is 16.6. The van der Waals surface area contributed by atoms with Crippen molar-refractivity contribution in [3.05, 3.63) is 35.4 Å². The summed E-state index contributed by atoms with van der Waals surface area (Å²) in [6, 6.07) is 7.64. The molecular weight excluding hydrogens is 252 g/mol. The maximum absolute atomic E-state index is 11.7. The van der Waals surface area contributed by atoms with Crippen molar-refractivity contribution < 1.29 is 14.6 Å². The number of aliphatic hydroxyl groups excluding tert-OH is 1. The summed E-state index contributed by atoms with van der Waals surface area (Å²) in [5.41, 5.74) is 1.38. The predicted molar refractivity (Wildman–Crippen MR) is 79.2 cm³/mol. The Labute approximate surface area is 121 Å². The third-order valence-electron chi connectivity index (χ3n) is 2.45. The molecule has 0 radical (unpaired) electrons. The molecule has 108 valence electrons. The number of carbonyl (C=O) groups is 1. The second kappa shape index (κ2) is 7.12.